The molecule has 0 saturated carbocycles. The van der Waals surface area contributed by atoms with Gasteiger partial charge < -0.3 is 15.2 Å². The minimum atomic E-state index is -1.01. The number of methoxy groups -OCH3 is 1. The predicted molar refractivity (Wildman–Crippen MR) is 75.6 cm³/mol. The van der Waals surface area contributed by atoms with Gasteiger partial charge in [0.2, 0.25) is 0 Å². The number of hydrogen-bond acceptors (Lipinski definition) is 3. The molecule has 1 unspecified atom stereocenters. The third kappa shape index (κ3) is 2.02. The topological polar surface area (TPSA) is 41.5 Å². The maximum Gasteiger partial charge on any atom is 0.171 e. The van der Waals surface area contributed by atoms with Crippen LogP contribution in [-0.4, -0.2) is 18.8 Å². The molecule has 20 heavy (non-hydrogen) atoms. The van der Waals surface area contributed by atoms with E-state index in [4.69, 9.17) is 4.74 Å². The number of ether oxygens (including phenoxy) is 1. The molecule has 0 bridgehead atoms. The van der Waals surface area contributed by atoms with Crippen LogP contribution in [-0.2, 0) is 6.42 Å². The van der Waals surface area contributed by atoms with E-state index >= 15 is 0 Å². The average Bonchev–Trinajstić information content (AvgIpc) is 2.95. The van der Waals surface area contributed by atoms with Crippen LogP contribution in [0.4, 0.5) is 10.1 Å². The number of benzene rings is 2. The zero-order chi connectivity index (χ0) is 14.1. The van der Waals surface area contributed by atoms with Crippen molar-refractivity contribution in [3.8, 4) is 5.75 Å². The van der Waals surface area contributed by atoms with E-state index in [2.05, 4.69) is 5.32 Å². The van der Waals surface area contributed by atoms with Gasteiger partial charge in [-0.05, 0) is 18.1 Å². The molecule has 1 aliphatic heterocycles. The van der Waals surface area contributed by atoms with Gasteiger partial charge in [-0.25, -0.2) is 4.39 Å². The highest BCUT2D eigenvalue weighted by Gasteiger charge is 2.23. The second-order valence-corrected chi connectivity index (χ2v) is 4.82. The minimum Gasteiger partial charge on any atom is -0.494 e. The van der Waals surface area contributed by atoms with E-state index in [0.717, 1.165) is 24.2 Å². The molecular formula is C16H16FNO2. The summed E-state index contributed by atoms with van der Waals surface area (Å²) in [6.45, 7) is 0.847. The lowest BCUT2D eigenvalue weighted by molar-refractivity contribution is 0.214. The summed E-state index contributed by atoms with van der Waals surface area (Å²) in [7, 11) is 1.41. The summed E-state index contributed by atoms with van der Waals surface area (Å²) in [5.41, 5.74) is 3.01. The molecule has 1 heterocycles. The standard InChI is InChI=1S/C16H16FNO2/c1-20-13-7-3-5-11(14(13)17)16(19)12-6-2-4-10-8-9-18-15(10)12/h2-7,16,18-19H,8-9H2,1H3. The number of aliphatic hydroxyl groups is 1. The van der Waals surface area contributed by atoms with E-state index in [1.54, 1.807) is 18.2 Å². The van der Waals surface area contributed by atoms with Gasteiger partial charge >= 0.3 is 0 Å². The molecule has 1 aliphatic rings. The highest BCUT2D eigenvalue weighted by Crippen LogP contribution is 2.36. The second-order valence-electron chi connectivity index (χ2n) is 4.82. The van der Waals surface area contributed by atoms with E-state index in [1.807, 2.05) is 18.2 Å². The van der Waals surface area contributed by atoms with Crippen LogP contribution in [0.3, 0.4) is 0 Å². The molecule has 0 fully saturated rings. The third-order valence-corrected chi connectivity index (χ3v) is 3.68. The predicted octanol–water partition coefficient (Wildman–Crippen LogP) is 2.88. The van der Waals surface area contributed by atoms with Crippen molar-refractivity contribution in [2.45, 2.75) is 12.5 Å². The first-order chi connectivity index (χ1) is 9.72. The lowest BCUT2D eigenvalue weighted by atomic mass is 9.97. The molecule has 3 nitrogen and oxygen atoms in total. The van der Waals surface area contributed by atoms with E-state index in [1.165, 1.54) is 7.11 Å². The van der Waals surface area contributed by atoms with E-state index in [-0.39, 0.29) is 11.3 Å². The first kappa shape index (κ1) is 12.9. The molecular weight excluding hydrogens is 257 g/mol. The Bertz CT molecular complexity index is 642. The van der Waals surface area contributed by atoms with Gasteiger partial charge in [0.25, 0.3) is 0 Å². The first-order valence-electron chi connectivity index (χ1n) is 6.58. The van der Waals surface area contributed by atoms with Crippen molar-refractivity contribution >= 4 is 5.69 Å². The van der Waals surface area contributed by atoms with E-state index in [9.17, 15) is 9.50 Å². The Balaban J connectivity index is 2.06. The highest BCUT2D eigenvalue weighted by atomic mass is 19.1. The first-order valence-corrected chi connectivity index (χ1v) is 6.58. The number of rotatable bonds is 3. The van der Waals surface area contributed by atoms with Gasteiger partial charge in [-0.1, -0.05) is 30.3 Å². The van der Waals surface area contributed by atoms with Gasteiger partial charge in [-0.3, -0.25) is 0 Å². The van der Waals surface area contributed by atoms with Gasteiger partial charge in [0.1, 0.15) is 6.10 Å². The zero-order valence-electron chi connectivity index (χ0n) is 11.2. The van der Waals surface area contributed by atoms with Crippen LogP contribution in [0, 0.1) is 5.82 Å². The van der Waals surface area contributed by atoms with Gasteiger partial charge in [0.05, 0.1) is 7.11 Å². The number of para-hydroxylation sites is 1. The van der Waals surface area contributed by atoms with Gasteiger partial charge in [-0.2, -0.15) is 0 Å². The third-order valence-electron chi connectivity index (χ3n) is 3.68. The Labute approximate surface area is 117 Å². The summed E-state index contributed by atoms with van der Waals surface area (Å²) in [4.78, 5) is 0. The van der Waals surface area contributed by atoms with Crippen LogP contribution in [0.1, 0.15) is 22.8 Å². The summed E-state index contributed by atoms with van der Waals surface area (Å²) in [5.74, 6) is -0.375. The van der Waals surface area contributed by atoms with Gasteiger partial charge in [0, 0.05) is 23.4 Å². The molecule has 2 aromatic carbocycles. The molecule has 0 spiro atoms. The Morgan fingerprint density at radius 1 is 1.20 bits per heavy atom. The van der Waals surface area contributed by atoms with E-state index in [0.29, 0.717) is 5.56 Å². The fraction of sp³-hybridized carbons (Fsp3) is 0.250. The van der Waals surface area contributed by atoms with Crippen molar-refractivity contribution in [1.82, 2.24) is 0 Å². The summed E-state index contributed by atoms with van der Waals surface area (Å²) < 4.78 is 19.2. The SMILES string of the molecule is COc1cccc(C(O)c2cccc3c2NCC3)c1F. The molecule has 0 radical (unpaired) electrons. The Morgan fingerprint density at radius 2 is 1.95 bits per heavy atom. The molecule has 3 rings (SSSR count). The van der Waals surface area contributed by atoms with Crippen LogP contribution in [0.5, 0.6) is 5.75 Å². The van der Waals surface area contributed by atoms with Crippen LogP contribution in [0.15, 0.2) is 36.4 Å². The summed E-state index contributed by atoms with van der Waals surface area (Å²) in [6, 6.07) is 10.5. The largest absolute Gasteiger partial charge is 0.494 e. The number of aliphatic hydroxyl groups excluding tert-OH is 1. The number of halogens is 1. The van der Waals surface area contributed by atoms with E-state index < -0.39 is 11.9 Å². The van der Waals surface area contributed by atoms with Crippen molar-refractivity contribution in [3.05, 3.63) is 58.9 Å². The maximum atomic E-state index is 14.3. The van der Waals surface area contributed by atoms with Crippen LogP contribution < -0.4 is 10.1 Å². The normalized spacial score (nSPS) is 14.6. The molecule has 2 aromatic rings. The molecule has 0 saturated heterocycles. The second kappa shape index (κ2) is 5.13. The molecule has 4 heteroatoms. The van der Waals surface area contributed by atoms with Gasteiger partial charge in [-0.15, -0.1) is 0 Å². The molecule has 104 valence electrons. The smallest absolute Gasteiger partial charge is 0.171 e. The Morgan fingerprint density at radius 3 is 2.75 bits per heavy atom. The fourth-order valence-electron chi connectivity index (χ4n) is 2.66. The number of anilines is 1. The van der Waals surface area contributed by atoms with Crippen LogP contribution >= 0.6 is 0 Å². The van der Waals surface area contributed by atoms with Crippen LogP contribution in [0.25, 0.3) is 0 Å². The van der Waals surface area contributed by atoms with Crippen molar-refractivity contribution in [3.63, 3.8) is 0 Å². The Hall–Kier alpha value is -2.07. The van der Waals surface area contributed by atoms with Crippen molar-refractivity contribution in [1.29, 1.82) is 0 Å². The molecule has 2 N–H and O–H groups in total. The monoisotopic (exact) mass is 273 g/mol. The number of nitrogens with one attached hydrogen (secondary N) is 1. The van der Waals surface area contributed by atoms with Crippen molar-refractivity contribution in [2.24, 2.45) is 0 Å². The molecule has 0 aromatic heterocycles. The lowest BCUT2D eigenvalue weighted by Crippen LogP contribution is -2.06. The lowest BCUT2D eigenvalue weighted by Gasteiger charge is -2.17. The fourth-order valence-corrected chi connectivity index (χ4v) is 2.66. The average molecular weight is 273 g/mol. The van der Waals surface area contributed by atoms with Gasteiger partial charge in [0.15, 0.2) is 11.6 Å². The highest BCUT2D eigenvalue weighted by molar-refractivity contribution is 5.63. The molecule has 0 amide bonds. The quantitative estimate of drug-likeness (QED) is 0.903. The molecule has 0 aliphatic carbocycles. The maximum absolute atomic E-state index is 14.3. The van der Waals surface area contributed by atoms with Crippen molar-refractivity contribution < 1.29 is 14.2 Å². The zero-order valence-corrected chi connectivity index (χ0v) is 11.2. The Kier molecular flexibility index (Phi) is 3.32. The summed E-state index contributed by atoms with van der Waals surface area (Å²) >= 11 is 0. The van der Waals surface area contributed by atoms with Crippen molar-refractivity contribution in [2.75, 3.05) is 19.0 Å². The summed E-state index contributed by atoms with van der Waals surface area (Å²) in [5, 5.41) is 13.8. The van der Waals surface area contributed by atoms with Crippen LogP contribution in [0.2, 0.25) is 0 Å². The minimum absolute atomic E-state index is 0.141. The number of hydrogen-bond donors (Lipinski definition) is 2. The number of fused-ring (bicyclic) bond motifs is 1. The molecule has 1 atom stereocenters. The summed E-state index contributed by atoms with van der Waals surface area (Å²) in [6.07, 6.45) is -0.0816.